The fourth-order valence-corrected chi connectivity index (χ4v) is 2.13. The minimum Gasteiger partial charge on any atom is -0.438 e. The second kappa shape index (κ2) is 5.17. The van der Waals surface area contributed by atoms with Crippen LogP contribution in [0.5, 0.6) is 11.6 Å². The summed E-state index contributed by atoms with van der Waals surface area (Å²) in [7, 11) is -0.912. The van der Waals surface area contributed by atoms with Crippen LogP contribution in [0.25, 0.3) is 11.5 Å². The quantitative estimate of drug-likeness (QED) is 0.630. The lowest BCUT2D eigenvalue weighted by molar-refractivity contribution is 0.275. The molecule has 0 saturated heterocycles. The lowest BCUT2D eigenvalue weighted by Crippen LogP contribution is -2.27. The van der Waals surface area contributed by atoms with Gasteiger partial charge in [0, 0.05) is 0 Å². The van der Waals surface area contributed by atoms with Crippen LogP contribution in [0.15, 0.2) is 30.6 Å². The Kier molecular flexibility index (Phi) is 3.02. The Hall–Kier alpha value is -2.85. The summed E-state index contributed by atoms with van der Waals surface area (Å²) in [6, 6.07) is 5.36. The van der Waals surface area contributed by atoms with Gasteiger partial charge in [0.2, 0.25) is 11.7 Å². The van der Waals surface area contributed by atoms with E-state index in [9.17, 15) is 5.02 Å². The number of nitrogens with zero attached hydrogens (tertiary/aromatic N) is 5. The van der Waals surface area contributed by atoms with Crippen LogP contribution < -0.4 is 10.2 Å². The molecule has 0 bridgehead atoms. The molecule has 0 atom stereocenters. The Morgan fingerprint density at radius 1 is 1.27 bits per heavy atom. The van der Waals surface area contributed by atoms with Crippen LogP contribution in [-0.2, 0) is 11.3 Å². The summed E-state index contributed by atoms with van der Waals surface area (Å²) >= 11 is 0. The maximum Gasteiger partial charge on any atom is 0.491 e. The number of benzene rings is 1. The van der Waals surface area contributed by atoms with E-state index in [0.29, 0.717) is 35.2 Å². The number of rotatable bonds is 3. The molecule has 0 saturated carbocycles. The van der Waals surface area contributed by atoms with Gasteiger partial charge in [0.05, 0.1) is 19.0 Å². The first-order chi connectivity index (χ1) is 10.8. The Balaban J connectivity index is 1.55. The number of nitrogens with one attached hydrogen (secondary N) is 1. The number of ether oxygens (including phenoxy) is 1. The molecular weight excluding hydrogens is 287 g/mol. The van der Waals surface area contributed by atoms with E-state index in [1.807, 2.05) is 6.07 Å². The third-order valence-electron chi connectivity index (χ3n) is 3.21. The van der Waals surface area contributed by atoms with Gasteiger partial charge < -0.3 is 14.4 Å². The van der Waals surface area contributed by atoms with E-state index in [-0.39, 0.29) is 0 Å². The molecule has 1 aliphatic rings. The topological polar surface area (TPSA) is 119 Å². The van der Waals surface area contributed by atoms with E-state index in [4.69, 9.17) is 9.39 Å². The first-order valence-corrected chi connectivity index (χ1v) is 6.46. The summed E-state index contributed by atoms with van der Waals surface area (Å²) in [5, 5.41) is 23.1. The van der Waals surface area contributed by atoms with Crippen LogP contribution >= 0.6 is 0 Å². The molecule has 9 nitrogen and oxygen atoms in total. The van der Waals surface area contributed by atoms with Crippen molar-refractivity contribution in [3.8, 4) is 23.1 Å². The molecule has 0 amide bonds. The first-order valence-electron chi connectivity index (χ1n) is 6.46. The standard InChI is InChI=1S/C12H9BN6O3/c20-13-9-3-8(2-1-7(9)6-21-13)22-11-5-14-10(4-15-11)12-16-18-19-17-12/h1-5,20H,6H2,(H,16,17,18,19). The third kappa shape index (κ3) is 2.30. The Morgan fingerprint density at radius 3 is 3.00 bits per heavy atom. The molecule has 1 aliphatic heterocycles. The van der Waals surface area contributed by atoms with Gasteiger partial charge in [0.25, 0.3) is 0 Å². The van der Waals surface area contributed by atoms with Crippen molar-refractivity contribution in [2.45, 2.75) is 6.61 Å². The highest BCUT2D eigenvalue weighted by Crippen LogP contribution is 2.21. The molecule has 4 rings (SSSR count). The molecule has 22 heavy (non-hydrogen) atoms. The van der Waals surface area contributed by atoms with Gasteiger partial charge in [0.1, 0.15) is 11.4 Å². The van der Waals surface area contributed by atoms with Crippen LogP contribution in [0.3, 0.4) is 0 Å². The Bertz CT molecular complexity index is 795. The molecule has 0 aliphatic carbocycles. The van der Waals surface area contributed by atoms with Crippen molar-refractivity contribution in [2.24, 2.45) is 0 Å². The highest BCUT2D eigenvalue weighted by Gasteiger charge is 2.27. The van der Waals surface area contributed by atoms with Crippen LogP contribution in [0, 0.1) is 0 Å². The van der Waals surface area contributed by atoms with Gasteiger partial charge >= 0.3 is 7.12 Å². The molecule has 10 heteroatoms. The van der Waals surface area contributed by atoms with Crippen molar-refractivity contribution in [3.05, 3.63) is 36.2 Å². The van der Waals surface area contributed by atoms with Crippen molar-refractivity contribution < 1.29 is 14.4 Å². The predicted molar refractivity (Wildman–Crippen MR) is 74.1 cm³/mol. The molecule has 1 aromatic carbocycles. The number of fused-ring (bicyclic) bond motifs is 1. The van der Waals surface area contributed by atoms with Crippen LogP contribution in [0.4, 0.5) is 0 Å². The van der Waals surface area contributed by atoms with Crippen LogP contribution in [-0.4, -0.2) is 42.7 Å². The monoisotopic (exact) mass is 296 g/mol. The molecule has 3 heterocycles. The Labute approximate surface area is 124 Å². The zero-order valence-corrected chi connectivity index (χ0v) is 11.2. The lowest BCUT2D eigenvalue weighted by Gasteiger charge is -2.06. The molecule has 3 aromatic rings. The molecular formula is C12H9BN6O3. The van der Waals surface area contributed by atoms with Gasteiger partial charge in [-0.05, 0) is 28.4 Å². The van der Waals surface area contributed by atoms with Crippen molar-refractivity contribution in [2.75, 3.05) is 0 Å². The number of H-pyrrole nitrogens is 1. The van der Waals surface area contributed by atoms with E-state index >= 15 is 0 Å². The maximum atomic E-state index is 9.69. The minimum atomic E-state index is -0.912. The van der Waals surface area contributed by atoms with Gasteiger partial charge in [-0.1, -0.05) is 6.07 Å². The fraction of sp³-hybridized carbons (Fsp3) is 0.0833. The molecule has 0 radical (unpaired) electrons. The number of hydrogen-bond acceptors (Lipinski definition) is 8. The second-order valence-electron chi connectivity index (χ2n) is 4.60. The van der Waals surface area contributed by atoms with E-state index in [0.717, 1.165) is 5.56 Å². The average Bonchev–Trinajstić information content (AvgIpc) is 3.19. The maximum absolute atomic E-state index is 9.69. The second-order valence-corrected chi connectivity index (χ2v) is 4.60. The van der Waals surface area contributed by atoms with E-state index in [1.54, 1.807) is 12.1 Å². The van der Waals surface area contributed by atoms with E-state index in [2.05, 4.69) is 30.6 Å². The zero-order chi connectivity index (χ0) is 14.9. The first kappa shape index (κ1) is 12.9. The van der Waals surface area contributed by atoms with Gasteiger partial charge in [-0.3, -0.25) is 0 Å². The predicted octanol–water partition coefficient (Wildman–Crippen LogP) is -0.333. The number of aromatic amines is 1. The molecule has 2 N–H and O–H groups in total. The summed E-state index contributed by atoms with van der Waals surface area (Å²) in [5.41, 5.74) is 2.13. The van der Waals surface area contributed by atoms with Gasteiger partial charge in [0.15, 0.2) is 0 Å². The van der Waals surface area contributed by atoms with Gasteiger partial charge in [-0.2, -0.15) is 5.21 Å². The van der Waals surface area contributed by atoms with Gasteiger partial charge in [-0.15, -0.1) is 10.2 Å². The normalized spacial score (nSPS) is 13.2. The smallest absolute Gasteiger partial charge is 0.438 e. The number of hydrogen-bond donors (Lipinski definition) is 2. The van der Waals surface area contributed by atoms with Crippen LogP contribution in [0.1, 0.15) is 5.56 Å². The summed E-state index contributed by atoms with van der Waals surface area (Å²) < 4.78 is 10.8. The third-order valence-corrected chi connectivity index (χ3v) is 3.21. The number of tetrazole rings is 1. The van der Waals surface area contributed by atoms with Crippen molar-refractivity contribution in [1.82, 2.24) is 30.6 Å². The summed E-state index contributed by atoms with van der Waals surface area (Å²) in [6.45, 7) is 0.399. The summed E-state index contributed by atoms with van der Waals surface area (Å²) in [5.74, 6) is 1.22. The summed E-state index contributed by atoms with van der Waals surface area (Å²) in [4.78, 5) is 8.30. The van der Waals surface area contributed by atoms with Crippen LogP contribution in [0.2, 0.25) is 0 Å². The molecule has 0 unspecified atom stereocenters. The molecule has 0 fully saturated rings. The van der Waals surface area contributed by atoms with Crippen molar-refractivity contribution in [1.29, 1.82) is 0 Å². The highest BCUT2D eigenvalue weighted by molar-refractivity contribution is 6.61. The fourth-order valence-electron chi connectivity index (χ4n) is 2.13. The highest BCUT2D eigenvalue weighted by atomic mass is 16.5. The lowest BCUT2D eigenvalue weighted by atomic mass is 9.79. The zero-order valence-electron chi connectivity index (χ0n) is 11.2. The minimum absolute atomic E-state index is 0.320. The molecule has 2 aromatic heterocycles. The largest absolute Gasteiger partial charge is 0.491 e. The van der Waals surface area contributed by atoms with Crippen molar-refractivity contribution >= 4 is 12.6 Å². The van der Waals surface area contributed by atoms with E-state index in [1.165, 1.54) is 12.4 Å². The molecule has 108 valence electrons. The van der Waals surface area contributed by atoms with E-state index < -0.39 is 7.12 Å². The Morgan fingerprint density at radius 2 is 2.23 bits per heavy atom. The molecule has 0 spiro atoms. The number of aromatic nitrogens is 6. The van der Waals surface area contributed by atoms with Crippen molar-refractivity contribution in [3.63, 3.8) is 0 Å². The average molecular weight is 296 g/mol. The summed E-state index contributed by atoms with van der Waals surface area (Å²) in [6.07, 6.45) is 2.96. The van der Waals surface area contributed by atoms with Gasteiger partial charge in [-0.25, -0.2) is 9.97 Å². The SMILES string of the molecule is OB1OCc2ccc(Oc3cnc(-c4nn[nH]n4)cn3)cc21.